The minimum atomic E-state index is -0.697. The topological polar surface area (TPSA) is 78.6 Å². The fourth-order valence-corrected chi connectivity index (χ4v) is 0.444. The van der Waals surface area contributed by atoms with Crippen molar-refractivity contribution in [2.45, 2.75) is 26.8 Å². The Morgan fingerprint density at radius 3 is 1.93 bits per heavy atom. The van der Waals surface area contributed by atoms with Crippen molar-refractivity contribution in [3.05, 3.63) is 0 Å². The Labute approximate surface area is 89.3 Å². The van der Waals surface area contributed by atoms with Gasteiger partial charge in [-0.25, -0.2) is 0 Å². The highest BCUT2D eigenvalue weighted by Crippen LogP contribution is 1.96. The van der Waals surface area contributed by atoms with Crippen molar-refractivity contribution < 1.29 is 19.1 Å². The Morgan fingerprint density at radius 2 is 1.57 bits per heavy atom. The standard InChI is InChI=1S/C8H15NO4.ClH/c1-5(2)7(10)12-4-13-8(11)6(3)9;/h5-6H,4,9H2,1-3H3;1H/t6-;/m0./s1. The van der Waals surface area contributed by atoms with Crippen LogP contribution in [0.3, 0.4) is 0 Å². The number of ether oxygens (including phenoxy) is 2. The van der Waals surface area contributed by atoms with E-state index in [1.165, 1.54) is 6.92 Å². The van der Waals surface area contributed by atoms with Gasteiger partial charge in [0.15, 0.2) is 0 Å². The van der Waals surface area contributed by atoms with Gasteiger partial charge >= 0.3 is 11.9 Å². The maximum Gasteiger partial charge on any atom is 0.325 e. The van der Waals surface area contributed by atoms with E-state index in [0.717, 1.165) is 0 Å². The molecular weight excluding hydrogens is 210 g/mol. The second-order valence-corrected chi connectivity index (χ2v) is 2.99. The van der Waals surface area contributed by atoms with Crippen LogP contribution in [0.15, 0.2) is 0 Å². The summed E-state index contributed by atoms with van der Waals surface area (Å²) in [5.74, 6) is -1.22. The van der Waals surface area contributed by atoms with Gasteiger partial charge in [0.05, 0.1) is 5.92 Å². The Balaban J connectivity index is 0. The van der Waals surface area contributed by atoms with Gasteiger partial charge in [0.1, 0.15) is 6.04 Å². The van der Waals surface area contributed by atoms with E-state index in [9.17, 15) is 9.59 Å². The summed E-state index contributed by atoms with van der Waals surface area (Å²) in [6.45, 7) is 4.51. The van der Waals surface area contributed by atoms with Gasteiger partial charge in [0.2, 0.25) is 6.79 Å². The maximum absolute atomic E-state index is 10.8. The van der Waals surface area contributed by atoms with Gasteiger partial charge < -0.3 is 15.2 Å². The summed E-state index contributed by atoms with van der Waals surface area (Å²) in [4.78, 5) is 21.6. The molecule has 0 aliphatic heterocycles. The van der Waals surface area contributed by atoms with E-state index in [4.69, 9.17) is 5.73 Å². The first-order valence-corrected chi connectivity index (χ1v) is 4.04. The number of carbonyl (C=O) groups excluding carboxylic acids is 2. The van der Waals surface area contributed by atoms with Crippen molar-refractivity contribution >= 4 is 24.3 Å². The lowest BCUT2D eigenvalue weighted by molar-refractivity contribution is -0.170. The van der Waals surface area contributed by atoms with Crippen LogP contribution in [0.2, 0.25) is 0 Å². The molecule has 0 spiro atoms. The first-order valence-electron chi connectivity index (χ1n) is 4.04. The molecular formula is C8H16ClNO4. The van der Waals surface area contributed by atoms with Crippen LogP contribution in [0, 0.1) is 5.92 Å². The summed E-state index contributed by atoms with van der Waals surface area (Å²) in [7, 11) is 0. The largest absolute Gasteiger partial charge is 0.428 e. The maximum atomic E-state index is 10.8. The number of esters is 2. The predicted octanol–water partition coefficient (Wildman–Crippen LogP) is 0.455. The van der Waals surface area contributed by atoms with Crippen molar-refractivity contribution in [3.8, 4) is 0 Å². The van der Waals surface area contributed by atoms with E-state index in [-0.39, 0.29) is 25.1 Å². The SMILES string of the molecule is CC(C)C(=O)OCOC(=O)[C@H](C)N.Cl. The van der Waals surface area contributed by atoms with E-state index in [0.29, 0.717) is 0 Å². The fraction of sp³-hybridized carbons (Fsp3) is 0.750. The number of nitrogens with two attached hydrogens (primary N) is 1. The zero-order valence-electron chi connectivity index (χ0n) is 8.48. The Hall–Kier alpha value is -0.810. The summed E-state index contributed by atoms with van der Waals surface area (Å²) in [6.07, 6.45) is 0. The lowest BCUT2D eigenvalue weighted by Gasteiger charge is -2.08. The van der Waals surface area contributed by atoms with Gasteiger partial charge in [-0.1, -0.05) is 13.8 Å². The quantitative estimate of drug-likeness (QED) is 0.555. The molecule has 0 bridgehead atoms. The summed E-state index contributed by atoms with van der Waals surface area (Å²) in [6, 6.07) is -0.697. The van der Waals surface area contributed by atoms with Crippen molar-refractivity contribution in [1.29, 1.82) is 0 Å². The molecule has 0 fully saturated rings. The van der Waals surface area contributed by atoms with E-state index in [2.05, 4.69) is 9.47 Å². The molecule has 14 heavy (non-hydrogen) atoms. The zero-order valence-corrected chi connectivity index (χ0v) is 9.30. The molecule has 0 unspecified atom stereocenters. The lowest BCUT2D eigenvalue weighted by atomic mass is 10.2. The van der Waals surface area contributed by atoms with E-state index in [1.807, 2.05) is 0 Å². The molecule has 0 aliphatic rings. The van der Waals surface area contributed by atoms with Crippen LogP contribution in [0.4, 0.5) is 0 Å². The Kier molecular flexibility index (Phi) is 8.48. The molecule has 0 amide bonds. The molecule has 0 heterocycles. The average molecular weight is 226 g/mol. The molecule has 0 saturated carbocycles. The molecule has 1 atom stereocenters. The highest BCUT2D eigenvalue weighted by atomic mass is 35.5. The Bertz CT molecular complexity index is 174. The first-order chi connectivity index (χ1) is 5.95. The highest BCUT2D eigenvalue weighted by molar-refractivity contribution is 5.85. The van der Waals surface area contributed by atoms with Crippen molar-refractivity contribution in [2.24, 2.45) is 11.7 Å². The van der Waals surface area contributed by atoms with Crippen molar-refractivity contribution in [1.82, 2.24) is 0 Å². The van der Waals surface area contributed by atoms with Gasteiger partial charge in [-0.05, 0) is 6.92 Å². The summed E-state index contributed by atoms with van der Waals surface area (Å²) < 4.78 is 9.10. The summed E-state index contributed by atoms with van der Waals surface area (Å²) >= 11 is 0. The molecule has 0 rings (SSSR count). The molecule has 2 N–H and O–H groups in total. The number of carbonyl (C=O) groups is 2. The smallest absolute Gasteiger partial charge is 0.325 e. The molecule has 5 nitrogen and oxygen atoms in total. The minimum Gasteiger partial charge on any atom is -0.428 e. The molecule has 0 aromatic rings. The average Bonchev–Trinajstić information content (AvgIpc) is 2.03. The second kappa shape index (κ2) is 7.58. The monoisotopic (exact) mass is 225 g/mol. The van der Waals surface area contributed by atoms with E-state index >= 15 is 0 Å². The predicted molar refractivity (Wildman–Crippen MR) is 52.8 cm³/mol. The molecule has 0 radical (unpaired) electrons. The van der Waals surface area contributed by atoms with Crippen LogP contribution in [0.1, 0.15) is 20.8 Å². The normalized spacial score (nSPS) is 11.5. The highest BCUT2D eigenvalue weighted by Gasteiger charge is 2.11. The first kappa shape index (κ1) is 15.7. The fourth-order valence-electron chi connectivity index (χ4n) is 0.444. The molecule has 6 heteroatoms. The van der Waals surface area contributed by atoms with Crippen molar-refractivity contribution in [2.75, 3.05) is 6.79 Å². The third kappa shape index (κ3) is 6.68. The van der Waals surface area contributed by atoms with Crippen molar-refractivity contribution in [3.63, 3.8) is 0 Å². The van der Waals surface area contributed by atoms with E-state index < -0.39 is 18.0 Å². The van der Waals surface area contributed by atoms with Gasteiger partial charge in [-0.2, -0.15) is 0 Å². The van der Waals surface area contributed by atoms with Gasteiger partial charge in [-0.15, -0.1) is 12.4 Å². The minimum absolute atomic E-state index is 0. The van der Waals surface area contributed by atoms with Gasteiger partial charge in [0, 0.05) is 0 Å². The van der Waals surface area contributed by atoms with Gasteiger partial charge in [0.25, 0.3) is 0 Å². The number of halogens is 1. The van der Waals surface area contributed by atoms with E-state index in [1.54, 1.807) is 13.8 Å². The van der Waals surface area contributed by atoms with Crippen LogP contribution in [0.25, 0.3) is 0 Å². The van der Waals surface area contributed by atoms with Gasteiger partial charge in [-0.3, -0.25) is 9.59 Å². The number of hydrogen-bond donors (Lipinski definition) is 1. The molecule has 0 aromatic carbocycles. The molecule has 84 valence electrons. The molecule has 0 aliphatic carbocycles. The molecule has 0 saturated heterocycles. The van der Waals surface area contributed by atoms with Crippen LogP contribution in [0.5, 0.6) is 0 Å². The third-order valence-corrected chi connectivity index (χ3v) is 1.25. The van der Waals surface area contributed by atoms with Crippen LogP contribution < -0.4 is 5.73 Å². The second-order valence-electron chi connectivity index (χ2n) is 2.99. The van der Waals surface area contributed by atoms with Crippen LogP contribution in [-0.4, -0.2) is 24.8 Å². The zero-order chi connectivity index (χ0) is 10.4. The number of rotatable bonds is 4. The van der Waals surface area contributed by atoms with Crippen LogP contribution >= 0.6 is 12.4 Å². The summed E-state index contributed by atoms with van der Waals surface area (Å²) in [5.41, 5.74) is 5.20. The molecule has 0 aromatic heterocycles. The summed E-state index contributed by atoms with van der Waals surface area (Å²) in [5, 5.41) is 0. The lowest BCUT2D eigenvalue weighted by Crippen LogP contribution is -2.30. The number of hydrogen-bond acceptors (Lipinski definition) is 5. The third-order valence-electron chi connectivity index (χ3n) is 1.25. The Morgan fingerprint density at radius 1 is 1.14 bits per heavy atom. The van der Waals surface area contributed by atoms with Crippen LogP contribution in [-0.2, 0) is 19.1 Å².